The summed E-state index contributed by atoms with van der Waals surface area (Å²) >= 11 is 5.97. The standard InChI is InChI=1S/C18H17ClN2O4/c1-12-7-8-14(9-15(12)19)21-16(22)11-25-17(23)10-20-18(24)13-5-3-2-4-6-13/h2-9H,10-11H2,1H3,(H,20,24)(H,21,22). The third-order valence-corrected chi connectivity index (χ3v) is 3.66. The second kappa shape index (κ2) is 8.84. The lowest BCUT2D eigenvalue weighted by Gasteiger charge is -2.08. The summed E-state index contributed by atoms with van der Waals surface area (Å²) in [5, 5.41) is 5.52. The lowest BCUT2D eigenvalue weighted by Crippen LogP contribution is -2.32. The molecule has 0 unspecified atom stereocenters. The molecule has 6 nitrogen and oxygen atoms in total. The molecule has 2 rings (SSSR count). The summed E-state index contributed by atoms with van der Waals surface area (Å²) in [5.74, 6) is -1.60. The third-order valence-electron chi connectivity index (χ3n) is 3.25. The van der Waals surface area contributed by atoms with E-state index in [2.05, 4.69) is 10.6 Å². The molecule has 2 amide bonds. The minimum Gasteiger partial charge on any atom is -0.454 e. The third kappa shape index (κ3) is 5.93. The van der Waals surface area contributed by atoms with Gasteiger partial charge in [0, 0.05) is 16.3 Å². The Kier molecular flexibility index (Phi) is 6.54. The van der Waals surface area contributed by atoms with Gasteiger partial charge >= 0.3 is 5.97 Å². The van der Waals surface area contributed by atoms with E-state index in [0.717, 1.165) is 5.56 Å². The number of nitrogens with one attached hydrogen (secondary N) is 2. The molecule has 0 atom stereocenters. The molecule has 0 bridgehead atoms. The summed E-state index contributed by atoms with van der Waals surface area (Å²) < 4.78 is 4.82. The normalized spacial score (nSPS) is 10.0. The maximum absolute atomic E-state index is 11.8. The fourth-order valence-corrected chi connectivity index (χ4v) is 2.09. The highest BCUT2D eigenvalue weighted by Gasteiger charge is 2.11. The van der Waals surface area contributed by atoms with E-state index in [1.54, 1.807) is 48.5 Å². The maximum Gasteiger partial charge on any atom is 0.325 e. The van der Waals surface area contributed by atoms with E-state index in [1.165, 1.54) is 0 Å². The highest BCUT2D eigenvalue weighted by molar-refractivity contribution is 6.31. The first kappa shape index (κ1) is 18.5. The molecule has 0 radical (unpaired) electrons. The van der Waals surface area contributed by atoms with Gasteiger partial charge in [0.1, 0.15) is 6.54 Å². The Labute approximate surface area is 150 Å². The number of esters is 1. The summed E-state index contributed by atoms with van der Waals surface area (Å²) in [7, 11) is 0. The molecular formula is C18H17ClN2O4. The zero-order valence-corrected chi connectivity index (χ0v) is 14.3. The van der Waals surface area contributed by atoms with Crippen LogP contribution in [0.25, 0.3) is 0 Å². The fourth-order valence-electron chi connectivity index (χ4n) is 1.91. The highest BCUT2D eigenvalue weighted by atomic mass is 35.5. The molecule has 0 heterocycles. The van der Waals surface area contributed by atoms with Gasteiger partial charge < -0.3 is 15.4 Å². The number of ether oxygens (including phenoxy) is 1. The molecule has 25 heavy (non-hydrogen) atoms. The van der Waals surface area contributed by atoms with E-state index >= 15 is 0 Å². The molecule has 7 heteroatoms. The average Bonchev–Trinajstić information content (AvgIpc) is 2.61. The van der Waals surface area contributed by atoms with Crippen LogP contribution in [0.3, 0.4) is 0 Å². The van der Waals surface area contributed by atoms with Gasteiger partial charge in [-0.1, -0.05) is 35.9 Å². The smallest absolute Gasteiger partial charge is 0.325 e. The highest BCUT2D eigenvalue weighted by Crippen LogP contribution is 2.19. The number of hydrogen-bond acceptors (Lipinski definition) is 4. The molecule has 0 fully saturated rings. The lowest BCUT2D eigenvalue weighted by molar-refractivity contribution is -0.146. The molecule has 2 N–H and O–H groups in total. The molecular weight excluding hydrogens is 344 g/mol. The Hall–Kier alpha value is -2.86. The van der Waals surface area contributed by atoms with Crippen LogP contribution in [-0.2, 0) is 14.3 Å². The van der Waals surface area contributed by atoms with Gasteiger partial charge in [0.05, 0.1) is 0 Å². The lowest BCUT2D eigenvalue weighted by atomic mass is 10.2. The van der Waals surface area contributed by atoms with Crippen LogP contribution in [0, 0.1) is 6.92 Å². The van der Waals surface area contributed by atoms with E-state index in [9.17, 15) is 14.4 Å². The predicted octanol–water partition coefficient (Wildman–Crippen LogP) is 2.56. The van der Waals surface area contributed by atoms with Crippen molar-refractivity contribution in [3.8, 4) is 0 Å². The Bertz CT molecular complexity index is 778. The van der Waals surface area contributed by atoms with Crippen molar-refractivity contribution in [3.05, 3.63) is 64.7 Å². The van der Waals surface area contributed by atoms with Crippen LogP contribution < -0.4 is 10.6 Å². The fraction of sp³-hybridized carbons (Fsp3) is 0.167. The second-order valence-corrected chi connectivity index (χ2v) is 5.63. The zero-order valence-electron chi connectivity index (χ0n) is 13.5. The molecule has 0 aliphatic carbocycles. The van der Waals surface area contributed by atoms with Crippen molar-refractivity contribution in [1.29, 1.82) is 0 Å². The van der Waals surface area contributed by atoms with Gasteiger partial charge in [-0.05, 0) is 36.8 Å². The first-order valence-electron chi connectivity index (χ1n) is 7.50. The van der Waals surface area contributed by atoms with Gasteiger partial charge in [0.2, 0.25) is 0 Å². The number of anilines is 1. The molecule has 0 saturated carbocycles. The number of aryl methyl sites for hydroxylation is 1. The first-order valence-corrected chi connectivity index (χ1v) is 7.88. The Morgan fingerprint density at radius 2 is 1.80 bits per heavy atom. The molecule has 130 valence electrons. The van der Waals surface area contributed by atoms with Crippen LogP contribution in [0.2, 0.25) is 5.02 Å². The van der Waals surface area contributed by atoms with Gasteiger partial charge in [-0.3, -0.25) is 14.4 Å². The SMILES string of the molecule is Cc1ccc(NC(=O)COC(=O)CNC(=O)c2ccccc2)cc1Cl. The molecule has 0 spiro atoms. The molecule has 0 aliphatic rings. The predicted molar refractivity (Wildman–Crippen MR) is 94.6 cm³/mol. The topological polar surface area (TPSA) is 84.5 Å². The number of amides is 2. The number of carbonyl (C=O) groups is 3. The number of benzene rings is 2. The van der Waals surface area contributed by atoms with E-state index in [0.29, 0.717) is 16.3 Å². The van der Waals surface area contributed by atoms with Crippen LogP contribution in [0.4, 0.5) is 5.69 Å². The van der Waals surface area contributed by atoms with Gasteiger partial charge in [-0.25, -0.2) is 0 Å². The molecule has 0 aliphatic heterocycles. The van der Waals surface area contributed by atoms with Gasteiger partial charge in [0.25, 0.3) is 11.8 Å². The Morgan fingerprint density at radius 1 is 1.08 bits per heavy atom. The van der Waals surface area contributed by atoms with Crippen molar-refractivity contribution in [1.82, 2.24) is 5.32 Å². The molecule has 2 aromatic rings. The molecule has 0 saturated heterocycles. The van der Waals surface area contributed by atoms with Crippen LogP contribution >= 0.6 is 11.6 Å². The monoisotopic (exact) mass is 360 g/mol. The summed E-state index contributed by atoms with van der Waals surface area (Å²) in [6.45, 7) is 1.07. The number of carbonyl (C=O) groups excluding carboxylic acids is 3. The Balaban J connectivity index is 1.73. The average molecular weight is 361 g/mol. The van der Waals surface area contributed by atoms with Crippen LogP contribution in [-0.4, -0.2) is 30.9 Å². The zero-order chi connectivity index (χ0) is 18.2. The van der Waals surface area contributed by atoms with Gasteiger partial charge in [0.15, 0.2) is 6.61 Å². The van der Waals surface area contributed by atoms with Crippen molar-refractivity contribution in [2.45, 2.75) is 6.92 Å². The van der Waals surface area contributed by atoms with E-state index in [-0.39, 0.29) is 6.54 Å². The van der Waals surface area contributed by atoms with Crippen LogP contribution in [0.15, 0.2) is 48.5 Å². The van der Waals surface area contributed by atoms with E-state index in [4.69, 9.17) is 16.3 Å². The van der Waals surface area contributed by atoms with Gasteiger partial charge in [-0.15, -0.1) is 0 Å². The van der Waals surface area contributed by atoms with Gasteiger partial charge in [-0.2, -0.15) is 0 Å². The molecule has 2 aromatic carbocycles. The minimum atomic E-state index is -0.707. The summed E-state index contributed by atoms with van der Waals surface area (Å²) in [4.78, 5) is 35.1. The van der Waals surface area contributed by atoms with Crippen LogP contribution in [0.5, 0.6) is 0 Å². The maximum atomic E-state index is 11.8. The number of hydrogen-bond donors (Lipinski definition) is 2. The summed E-state index contributed by atoms with van der Waals surface area (Å²) in [6, 6.07) is 13.5. The Morgan fingerprint density at radius 3 is 2.48 bits per heavy atom. The quantitative estimate of drug-likeness (QED) is 0.775. The first-order chi connectivity index (χ1) is 12.0. The largest absolute Gasteiger partial charge is 0.454 e. The van der Waals surface area contributed by atoms with E-state index < -0.39 is 24.4 Å². The van der Waals surface area contributed by atoms with E-state index in [1.807, 2.05) is 6.92 Å². The second-order valence-electron chi connectivity index (χ2n) is 5.22. The summed E-state index contributed by atoms with van der Waals surface area (Å²) in [5.41, 5.74) is 1.83. The van der Waals surface area contributed by atoms with Crippen molar-refractivity contribution < 1.29 is 19.1 Å². The molecule has 0 aromatic heterocycles. The van der Waals surface area contributed by atoms with Crippen molar-refractivity contribution in [2.75, 3.05) is 18.5 Å². The van der Waals surface area contributed by atoms with Crippen LogP contribution in [0.1, 0.15) is 15.9 Å². The van der Waals surface area contributed by atoms with Crippen molar-refractivity contribution in [3.63, 3.8) is 0 Å². The number of halogens is 1. The minimum absolute atomic E-state index is 0.322. The van der Waals surface area contributed by atoms with Crippen molar-refractivity contribution >= 4 is 35.1 Å². The van der Waals surface area contributed by atoms with Crippen molar-refractivity contribution in [2.24, 2.45) is 0 Å². The summed E-state index contributed by atoms with van der Waals surface area (Å²) in [6.07, 6.45) is 0. The number of rotatable bonds is 6.